The molecule has 2 N–H and O–H groups in total. The number of rotatable bonds is 3. The molecule has 1 aromatic rings. The van der Waals surface area contributed by atoms with Crippen molar-refractivity contribution >= 4 is 23.4 Å². The van der Waals surface area contributed by atoms with Crippen LogP contribution in [0.25, 0.3) is 4.85 Å². The van der Waals surface area contributed by atoms with Crippen molar-refractivity contribution in [3.05, 3.63) is 11.4 Å². The maximum atomic E-state index is 11.6. The van der Waals surface area contributed by atoms with Crippen LogP contribution >= 0.6 is 0 Å². The highest BCUT2D eigenvalue weighted by molar-refractivity contribution is 5.98. The van der Waals surface area contributed by atoms with Gasteiger partial charge in [0.05, 0.1) is 6.57 Å². The van der Waals surface area contributed by atoms with Gasteiger partial charge >= 0.3 is 6.09 Å². The van der Waals surface area contributed by atoms with E-state index in [-0.39, 0.29) is 35.5 Å². The molecule has 0 atom stereocenters. The summed E-state index contributed by atoms with van der Waals surface area (Å²) in [5, 5.41) is 12.3. The smallest absolute Gasteiger partial charge is 0.416 e. The zero-order valence-corrected chi connectivity index (χ0v) is 11.7. The standard InChI is InChI=1S/C12H16N4O4/c1-6-7(17)14-9-8(13-2)10(18)16(5)11(9)20-12(19)15(3)4/h18H,6H2,1,3-5H3,(H,14,17). The van der Waals surface area contributed by atoms with Crippen molar-refractivity contribution in [1.29, 1.82) is 0 Å². The number of anilines is 1. The van der Waals surface area contributed by atoms with Gasteiger partial charge in [0, 0.05) is 27.6 Å². The zero-order chi connectivity index (χ0) is 15.4. The van der Waals surface area contributed by atoms with Gasteiger partial charge in [0.25, 0.3) is 5.69 Å². The van der Waals surface area contributed by atoms with E-state index in [4.69, 9.17) is 11.3 Å². The molecule has 8 heteroatoms. The number of hydrogen-bond acceptors (Lipinski definition) is 4. The van der Waals surface area contributed by atoms with E-state index in [0.717, 1.165) is 4.57 Å². The predicted molar refractivity (Wildman–Crippen MR) is 72.0 cm³/mol. The van der Waals surface area contributed by atoms with Crippen molar-refractivity contribution < 1.29 is 19.4 Å². The minimum atomic E-state index is -0.686. The molecule has 1 heterocycles. The monoisotopic (exact) mass is 280 g/mol. The predicted octanol–water partition coefficient (Wildman–Crippen LogP) is 1.69. The average Bonchev–Trinajstić information content (AvgIpc) is 2.62. The van der Waals surface area contributed by atoms with Gasteiger partial charge in [-0.2, -0.15) is 0 Å². The Morgan fingerprint density at radius 3 is 2.55 bits per heavy atom. The van der Waals surface area contributed by atoms with Gasteiger partial charge in [0.2, 0.25) is 11.8 Å². The van der Waals surface area contributed by atoms with Crippen LogP contribution in [0.2, 0.25) is 0 Å². The van der Waals surface area contributed by atoms with E-state index in [1.165, 1.54) is 26.0 Å². The van der Waals surface area contributed by atoms with Gasteiger partial charge in [0.1, 0.15) is 5.69 Å². The molecule has 1 aromatic heterocycles. The number of aromatic nitrogens is 1. The lowest BCUT2D eigenvalue weighted by molar-refractivity contribution is -0.115. The second kappa shape index (κ2) is 5.97. The maximum absolute atomic E-state index is 11.6. The zero-order valence-electron chi connectivity index (χ0n) is 11.7. The van der Waals surface area contributed by atoms with Crippen LogP contribution in [0.5, 0.6) is 11.8 Å². The Kier molecular flexibility index (Phi) is 4.59. The van der Waals surface area contributed by atoms with Gasteiger partial charge in [-0.05, 0) is 0 Å². The number of ether oxygens (including phenoxy) is 1. The Labute approximate surface area is 116 Å². The van der Waals surface area contributed by atoms with Crippen molar-refractivity contribution in [2.45, 2.75) is 13.3 Å². The first-order chi connectivity index (χ1) is 9.33. The highest BCUT2D eigenvalue weighted by atomic mass is 16.6. The molecule has 0 aliphatic heterocycles. The van der Waals surface area contributed by atoms with Gasteiger partial charge in [-0.3, -0.25) is 9.36 Å². The fraction of sp³-hybridized carbons (Fsp3) is 0.417. The van der Waals surface area contributed by atoms with Crippen molar-refractivity contribution in [2.24, 2.45) is 7.05 Å². The lowest BCUT2D eigenvalue weighted by Gasteiger charge is -2.13. The third-order valence-corrected chi connectivity index (χ3v) is 2.53. The van der Waals surface area contributed by atoms with Gasteiger partial charge in [-0.1, -0.05) is 6.92 Å². The molecule has 0 bridgehead atoms. The number of carbonyl (C=O) groups is 2. The van der Waals surface area contributed by atoms with Crippen LogP contribution in [0, 0.1) is 6.57 Å². The van der Waals surface area contributed by atoms with E-state index in [2.05, 4.69) is 10.2 Å². The van der Waals surface area contributed by atoms with E-state index in [1.807, 2.05) is 0 Å². The molecular weight excluding hydrogens is 264 g/mol. The van der Waals surface area contributed by atoms with Crippen molar-refractivity contribution in [2.75, 3.05) is 19.4 Å². The second-order valence-electron chi connectivity index (χ2n) is 4.19. The average molecular weight is 280 g/mol. The third kappa shape index (κ3) is 2.83. The van der Waals surface area contributed by atoms with E-state index in [1.54, 1.807) is 6.92 Å². The minimum Gasteiger partial charge on any atom is -0.503 e. The molecule has 8 nitrogen and oxygen atoms in total. The highest BCUT2D eigenvalue weighted by Gasteiger charge is 2.26. The maximum Gasteiger partial charge on any atom is 0.416 e. The van der Waals surface area contributed by atoms with Gasteiger partial charge in [-0.25, -0.2) is 9.64 Å². The molecule has 0 aliphatic rings. The summed E-state index contributed by atoms with van der Waals surface area (Å²) < 4.78 is 6.20. The summed E-state index contributed by atoms with van der Waals surface area (Å²) in [5.41, 5.74) is -0.182. The Morgan fingerprint density at radius 1 is 1.50 bits per heavy atom. The molecule has 20 heavy (non-hydrogen) atoms. The number of aromatic hydroxyl groups is 1. The first-order valence-electron chi connectivity index (χ1n) is 5.81. The number of nitrogens with zero attached hydrogens (tertiary/aromatic N) is 3. The number of carbonyl (C=O) groups excluding carboxylic acids is 2. The first-order valence-corrected chi connectivity index (χ1v) is 5.81. The number of nitrogens with one attached hydrogen (secondary N) is 1. The van der Waals surface area contributed by atoms with Crippen LogP contribution in [0.15, 0.2) is 0 Å². The number of amides is 2. The Morgan fingerprint density at radius 2 is 2.10 bits per heavy atom. The van der Waals surface area contributed by atoms with Crippen LogP contribution < -0.4 is 10.1 Å². The lowest BCUT2D eigenvalue weighted by Crippen LogP contribution is -2.26. The lowest BCUT2D eigenvalue weighted by atomic mass is 10.3. The molecule has 0 radical (unpaired) electrons. The number of hydrogen-bond donors (Lipinski definition) is 2. The fourth-order valence-electron chi connectivity index (χ4n) is 1.38. The summed E-state index contributed by atoms with van der Waals surface area (Å²) in [6, 6.07) is 0. The molecule has 0 fully saturated rings. The van der Waals surface area contributed by atoms with Crippen molar-refractivity contribution in [3.8, 4) is 11.8 Å². The fourth-order valence-corrected chi connectivity index (χ4v) is 1.38. The Balaban J connectivity index is 3.31. The quantitative estimate of drug-likeness (QED) is 0.825. The van der Waals surface area contributed by atoms with Crippen LogP contribution in [-0.2, 0) is 11.8 Å². The molecule has 0 aromatic carbocycles. The van der Waals surface area contributed by atoms with E-state index >= 15 is 0 Å². The molecule has 0 aliphatic carbocycles. The summed E-state index contributed by atoms with van der Waals surface area (Å²) >= 11 is 0. The summed E-state index contributed by atoms with van der Waals surface area (Å²) in [5.74, 6) is -0.829. The van der Waals surface area contributed by atoms with E-state index in [9.17, 15) is 14.7 Å². The van der Waals surface area contributed by atoms with Gasteiger partial charge in [0.15, 0.2) is 5.88 Å². The molecule has 1 rings (SSSR count). The van der Waals surface area contributed by atoms with Crippen LogP contribution in [0.3, 0.4) is 0 Å². The minimum absolute atomic E-state index is 0.0120. The second-order valence-corrected chi connectivity index (χ2v) is 4.19. The van der Waals surface area contributed by atoms with Crippen molar-refractivity contribution in [1.82, 2.24) is 9.47 Å². The van der Waals surface area contributed by atoms with Crippen LogP contribution in [0.1, 0.15) is 13.3 Å². The molecule has 2 amide bonds. The Hall–Kier alpha value is -2.69. The summed E-state index contributed by atoms with van der Waals surface area (Å²) in [4.78, 5) is 27.4. The summed E-state index contributed by atoms with van der Waals surface area (Å²) in [6.07, 6.45) is -0.497. The molecule has 0 saturated carbocycles. The third-order valence-electron chi connectivity index (χ3n) is 2.53. The summed E-state index contributed by atoms with van der Waals surface area (Å²) in [7, 11) is 4.40. The van der Waals surface area contributed by atoms with Crippen LogP contribution in [-0.4, -0.2) is 40.7 Å². The largest absolute Gasteiger partial charge is 0.503 e. The van der Waals surface area contributed by atoms with Crippen LogP contribution in [0.4, 0.5) is 16.2 Å². The van der Waals surface area contributed by atoms with E-state index in [0.29, 0.717) is 0 Å². The van der Waals surface area contributed by atoms with Crippen molar-refractivity contribution in [3.63, 3.8) is 0 Å². The van der Waals surface area contributed by atoms with E-state index < -0.39 is 6.09 Å². The first kappa shape index (κ1) is 15.4. The summed E-state index contributed by atoms with van der Waals surface area (Å²) in [6.45, 7) is 8.69. The SMILES string of the molecule is [C-]#[N+]c1c(NC(=O)CC)c(OC(=O)N(C)C)n(C)c1O. The molecule has 0 spiro atoms. The molecular formula is C12H16N4O4. The molecule has 0 unspecified atom stereocenters. The Bertz CT molecular complexity index is 583. The van der Waals surface area contributed by atoms with Gasteiger partial charge < -0.3 is 20.1 Å². The topological polar surface area (TPSA) is 88.2 Å². The molecule has 108 valence electrons. The normalized spacial score (nSPS) is 9.75. The van der Waals surface area contributed by atoms with Gasteiger partial charge in [-0.15, -0.1) is 0 Å². The highest BCUT2D eigenvalue weighted by Crippen LogP contribution is 2.45. The molecule has 0 saturated heterocycles.